The summed E-state index contributed by atoms with van der Waals surface area (Å²) in [5.74, 6) is 1.81. The molecule has 2 aromatic heterocycles. The summed E-state index contributed by atoms with van der Waals surface area (Å²) in [7, 11) is 1.62. The second-order valence-corrected chi connectivity index (χ2v) is 10.2. The van der Waals surface area contributed by atoms with Crippen LogP contribution in [0.5, 0.6) is 5.75 Å². The van der Waals surface area contributed by atoms with Crippen molar-refractivity contribution in [2.45, 2.75) is 39.2 Å². The van der Waals surface area contributed by atoms with E-state index in [1.54, 1.807) is 20.1 Å². The van der Waals surface area contributed by atoms with E-state index in [0.29, 0.717) is 23.6 Å². The molecular weight excluding hydrogens is 492 g/mol. The van der Waals surface area contributed by atoms with Gasteiger partial charge in [-0.15, -0.1) is 0 Å². The standard InChI is InChI=1S/C30H36N6O3/c1-22-32-35(30(38)28-20-27(33-36(22)28)25-9-11-26(39-2)12-10-25)21-29(37)31-15-6-16-34-17-13-24(14-18-34)19-23-7-4-3-5-8-23/h3-5,7-12,20,24H,6,13-19,21H2,1-2H3,(H,31,37). The van der Waals surface area contributed by atoms with Gasteiger partial charge in [0.2, 0.25) is 5.91 Å². The lowest BCUT2D eigenvalue weighted by molar-refractivity contribution is -0.121. The van der Waals surface area contributed by atoms with E-state index in [9.17, 15) is 9.59 Å². The highest BCUT2D eigenvalue weighted by molar-refractivity contribution is 5.75. The van der Waals surface area contributed by atoms with Crippen LogP contribution < -0.4 is 15.6 Å². The van der Waals surface area contributed by atoms with E-state index in [1.807, 2.05) is 24.3 Å². The lowest BCUT2D eigenvalue weighted by Crippen LogP contribution is -2.38. The van der Waals surface area contributed by atoms with Gasteiger partial charge in [0.1, 0.15) is 23.6 Å². The number of carbonyl (C=O) groups excluding carboxylic acids is 1. The molecule has 5 rings (SSSR count). The number of ether oxygens (including phenoxy) is 1. The third-order valence-corrected chi connectivity index (χ3v) is 7.46. The molecule has 0 bridgehead atoms. The van der Waals surface area contributed by atoms with Gasteiger partial charge in [0.15, 0.2) is 0 Å². The molecular formula is C30H36N6O3. The Labute approximate surface area is 228 Å². The maximum atomic E-state index is 13.1. The van der Waals surface area contributed by atoms with Crippen molar-refractivity contribution in [2.75, 3.05) is 33.3 Å². The minimum atomic E-state index is -0.346. The van der Waals surface area contributed by atoms with Crippen LogP contribution in [0, 0.1) is 12.8 Å². The van der Waals surface area contributed by atoms with Crippen LogP contribution in [0.15, 0.2) is 65.5 Å². The summed E-state index contributed by atoms with van der Waals surface area (Å²) in [6.45, 7) is 5.40. The number of fused-ring (bicyclic) bond motifs is 1. The summed E-state index contributed by atoms with van der Waals surface area (Å²) in [6, 6.07) is 19.9. The molecule has 0 unspecified atom stereocenters. The predicted molar refractivity (Wildman–Crippen MR) is 151 cm³/mol. The van der Waals surface area contributed by atoms with Gasteiger partial charge in [0.05, 0.1) is 12.8 Å². The highest BCUT2D eigenvalue weighted by Gasteiger charge is 2.19. The molecule has 39 heavy (non-hydrogen) atoms. The van der Waals surface area contributed by atoms with Crippen LogP contribution in [0.3, 0.4) is 0 Å². The second-order valence-electron chi connectivity index (χ2n) is 10.2. The first-order valence-corrected chi connectivity index (χ1v) is 13.6. The van der Waals surface area contributed by atoms with E-state index >= 15 is 0 Å². The van der Waals surface area contributed by atoms with Gasteiger partial charge < -0.3 is 15.0 Å². The van der Waals surface area contributed by atoms with E-state index in [0.717, 1.165) is 49.7 Å². The molecule has 3 heterocycles. The summed E-state index contributed by atoms with van der Waals surface area (Å²) in [5.41, 5.74) is 2.99. The predicted octanol–water partition coefficient (Wildman–Crippen LogP) is 3.34. The molecule has 0 atom stereocenters. The molecule has 0 aliphatic carbocycles. The van der Waals surface area contributed by atoms with Crippen LogP contribution >= 0.6 is 0 Å². The molecule has 204 valence electrons. The number of likely N-dealkylation sites (tertiary alicyclic amines) is 1. The second kappa shape index (κ2) is 12.3. The normalized spacial score (nSPS) is 14.5. The number of carbonyl (C=O) groups is 1. The van der Waals surface area contributed by atoms with Gasteiger partial charge in [0, 0.05) is 12.1 Å². The van der Waals surface area contributed by atoms with Crippen LogP contribution in [0.25, 0.3) is 16.8 Å². The highest BCUT2D eigenvalue weighted by atomic mass is 16.5. The number of hydrogen-bond donors (Lipinski definition) is 1. The number of nitrogens with zero attached hydrogens (tertiary/aromatic N) is 5. The Morgan fingerprint density at radius 2 is 1.79 bits per heavy atom. The highest BCUT2D eigenvalue weighted by Crippen LogP contribution is 2.23. The Morgan fingerprint density at radius 1 is 1.05 bits per heavy atom. The molecule has 1 fully saturated rings. The molecule has 0 spiro atoms. The summed E-state index contributed by atoms with van der Waals surface area (Å²) in [6.07, 6.45) is 4.47. The first-order valence-electron chi connectivity index (χ1n) is 13.6. The average Bonchev–Trinajstić information content (AvgIpc) is 3.42. The quantitative estimate of drug-likeness (QED) is 0.318. The lowest BCUT2D eigenvalue weighted by Gasteiger charge is -2.32. The lowest BCUT2D eigenvalue weighted by atomic mass is 9.90. The Balaban J connectivity index is 1.10. The van der Waals surface area contributed by atoms with Crippen LogP contribution in [-0.4, -0.2) is 63.5 Å². The molecule has 9 nitrogen and oxygen atoms in total. The molecule has 1 saturated heterocycles. The van der Waals surface area contributed by atoms with Gasteiger partial charge in [-0.3, -0.25) is 9.59 Å². The molecule has 1 amide bonds. The minimum absolute atomic E-state index is 0.121. The average molecular weight is 529 g/mol. The van der Waals surface area contributed by atoms with E-state index in [-0.39, 0.29) is 18.0 Å². The van der Waals surface area contributed by atoms with E-state index < -0.39 is 0 Å². The fourth-order valence-electron chi connectivity index (χ4n) is 5.27. The fourth-order valence-corrected chi connectivity index (χ4v) is 5.27. The molecule has 1 N–H and O–H groups in total. The maximum Gasteiger partial charge on any atom is 0.293 e. The number of amides is 1. The summed E-state index contributed by atoms with van der Waals surface area (Å²) in [5, 5.41) is 11.8. The Hall–Kier alpha value is -3.98. The zero-order valence-electron chi connectivity index (χ0n) is 22.7. The van der Waals surface area contributed by atoms with Gasteiger partial charge in [-0.05, 0) is 94.1 Å². The molecule has 4 aromatic rings. The minimum Gasteiger partial charge on any atom is -0.497 e. The summed E-state index contributed by atoms with van der Waals surface area (Å²) in [4.78, 5) is 28.2. The van der Waals surface area contributed by atoms with Crippen molar-refractivity contribution in [1.29, 1.82) is 0 Å². The number of aromatic nitrogens is 4. The molecule has 1 aliphatic rings. The molecule has 0 saturated carbocycles. The van der Waals surface area contributed by atoms with Gasteiger partial charge in [0.25, 0.3) is 5.56 Å². The molecule has 2 aromatic carbocycles. The van der Waals surface area contributed by atoms with Crippen molar-refractivity contribution in [3.63, 3.8) is 0 Å². The molecule has 9 heteroatoms. The van der Waals surface area contributed by atoms with Crippen molar-refractivity contribution in [3.8, 4) is 17.0 Å². The van der Waals surface area contributed by atoms with E-state index in [2.05, 4.69) is 50.7 Å². The van der Waals surface area contributed by atoms with Crippen molar-refractivity contribution in [1.82, 2.24) is 29.6 Å². The number of nitrogens with one attached hydrogen (secondary N) is 1. The summed E-state index contributed by atoms with van der Waals surface area (Å²) < 4.78 is 7.96. The number of aryl methyl sites for hydroxylation is 1. The summed E-state index contributed by atoms with van der Waals surface area (Å²) >= 11 is 0. The van der Waals surface area contributed by atoms with Crippen molar-refractivity contribution in [3.05, 3.63) is 82.4 Å². The van der Waals surface area contributed by atoms with Gasteiger partial charge in [-0.1, -0.05) is 30.3 Å². The van der Waals surface area contributed by atoms with E-state index in [4.69, 9.17) is 4.74 Å². The first-order chi connectivity index (χ1) is 19.0. The molecule has 1 aliphatic heterocycles. The topological polar surface area (TPSA) is 93.8 Å². The van der Waals surface area contributed by atoms with Gasteiger partial charge in [-0.2, -0.15) is 10.2 Å². The van der Waals surface area contributed by atoms with Crippen molar-refractivity contribution < 1.29 is 9.53 Å². The number of rotatable bonds is 10. The van der Waals surface area contributed by atoms with Crippen molar-refractivity contribution >= 4 is 11.4 Å². The number of benzene rings is 2. The largest absolute Gasteiger partial charge is 0.497 e. The van der Waals surface area contributed by atoms with Crippen molar-refractivity contribution in [2.24, 2.45) is 5.92 Å². The Morgan fingerprint density at radius 3 is 2.51 bits per heavy atom. The maximum absolute atomic E-state index is 13.1. The monoisotopic (exact) mass is 528 g/mol. The van der Waals surface area contributed by atoms with Crippen LogP contribution in [0.2, 0.25) is 0 Å². The first kappa shape index (κ1) is 26.6. The fraction of sp³-hybridized carbons (Fsp3) is 0.400. The van der Waals surface area contributed by atoms with Crippen LogP contribution in [-0.2, 0) is 17.8 Å². The zero-order chi connectivity index (χ0) is 27.2. The SMILES string of the molecule is COc1ccc(-c2cc3c(=O)n(CC(=O)NCCCN4CCC(Cc5ccccc5)CC4)nc(C)n3n2)cc1. The number of methoxy groups -OCH3 is 1. The zero-order valence-corrected chi connectivity index (χ0v) is 22.7. The third kappa shape index (κ3) is 6.54. The Kier molecular flexibility index (Phi) is 8.36. The smallest absolute Gasteiger partial charge is 0.293 e. The van der Waals surface area contributed by atoms with Gasteiger partial charge >= 0.3 is 0 Å². The number of piperidine rings is 1. The Bertz CT molecular complexity index is 1450. The van der Waals surface area contributed by atoms with E-state index in [1.165, 1.54) is 27.6 Å². The van der Waals surface area contributed by atoms with Crippen LogP contribution in [0.4, 0.5) is 0 Å². The molecule has 0 radical (unpaired) electrons. The van der Waals surface area contributed by atoms with Crippen LogP contribution in [0.1, 0.15) is 30.7 Å². The number of hydrogen-bond acceptors (Lipinski definition) is 6. The third-order valence-electron chi connectivity index (χ3n) is 7.46. The van der Waals surface area contributed by atoms with Gasteiger partial charge in [-0.25, -0.2) is 9.20 Å².